The van der Waals surface area contributed by atoms with Crippen molar-refractivity contribution < 1.29 is 4.74 Å². The van der Waals surface area contributed by atoms with Crippen LogP contribution >= 0.6 is 0 Å². The van der Waals surface area contributed by atoms with Crippen LogP contribution in [0.15, 0.2) is 29.8 Å². The highest BCUT2D eigenvalue weighted by molar-refractivity contribution is 5.40. The summed E-state index contributed by atoms with van der Waals surface area (Å²) >= 11 is 0. The molecule has 0 saturated carbocycles. The quantitative estimate of drug-likeness (QED) is 0.688. The first-order chi connectivity index (χ1) is 7.96. The van der Waals surface area contributed by atoms with Crippen molar-refractivity contribution in [1.29, 1.82) is 0 Å². The molecule has 0 radical (unpaired) electrons. The molecule has 0 N–H and O–H groups in total. The lowest BCUT2D eigenvalue weighted by Gasteiger charge is -2.32. The van der Waals surface area contributed by atoms with E-state index in [2.05, 4.69) is 52.0 Å². The summed E-state index contributed by atoms with van der Waals surface area (Å²) in [6.45, 7) is 8.61. The third kappa shape index (κ3) is 3.12. The molecule has 0 unspecified atom stereocenters. The second kappa shape index (κ2) is 4.56. The Hall–Kier alpha value is -1.24. The van der Waals surface area contributed by atoms with Crippen molar-refractivity contribution in [3.8, 4) is 5.75 Å². The molecule has 1 aliphatic rings. The molecule has 1 aromatic carbocycles. The van der Waals surface area contributed by atoms with E-state index < -0.39 is 0 Å². The lowest BCUT2D eigenvalue weighted by atomic mass is 9.93. The van der Waals surface area contributed by atoms with Gasteiger partial charge in [0.15, 0.2) is 0 Å². The van der Waals surface area contributed by atoms with Gasteiger partial charge in [0, 0.05) is 0 Å². The van der Waals surface area contributed by atoms with Crippen LogP contribution in [0, 0.1) is 0 Å². The van der Waals surface area contributed by atoms with Crippen LogP contribution in [0.1, 0.15) is 45.2 Å². The van der Waals surface area contributed by atoms with E-state index >= 15 is 0 Å². The summed E-state index contributed by atoms with van der Waals surface area (Å²) in [5.74, 6) is 1.07. The third-order valence-corrected chi connectivity index (χ3v) is 3.25. The van der Waals surface area contributed by atoms with E-state index in [1.54, 1.807) is 0 Å². The van der Waals surface area contributed by atoms with E-state index in [0.29, 0.717) is 0 Å². The zero-order valence-electron chi connectivity index (χ0n) is 11.3. The number of fused-ring (bicyclic) bond motifs is 1. The van der Waals surface area contributed by atoms with Gasteiger partial charge in [-0.2, -0.15) is 0 Å². The Kier molecular flexibility index (Phi) is 3.28. The number of ether oxygens (including phenoxy) is 1. The molecular formula is C16H22O. The predicted octanol–water partition coefficient (Wildman–Crippen LogP) is 4.30. The number of rotatable bonds is 2. The van der Waals surface area contributed by atoms with Gasteiger partial charge in [-0.05, 0) is 64.2 Å². The molecule has 0 saturated heterocycles. The van der Waals surface area contributed by atoms with Crippen LogP contribution in [-0.2, 0) is 12.8 Å². The standard InChI is InChI=1S/C16H22O/c1-12(2)5-6-13-7-8-15-14(11-13)9-10-16(3,4)17-15/h5,7-8,11H,6,9-10H2,1-4H3. The summed E-state index contributed by atoms with van der Waals surface area (Å²) < 4.78 is 5.98. The van der Waals surface area contributed by atoms with E-state index in [4.69, 9.17) is 4.74 Å². The smallest absolute Gasteiger partial charge is 0.123 e. The summed E-state index contributed by atoms with van der Waals surface area (Å²) in [4.78, 5) is 0. The van der Waals surface area contributed by atoms with E-state index in [0.717, 1.165) is 25.0 Å². The summed E-state index contributed by atoms with van der Waals surface area (Å²) in [6.07, 6.45) is 5.53. The average molecular weight is 230 g/mol. The molecule has 0 atom stereocenters. The van der Waals surface area contributed by atoms with Gasteiger partial charge in [0.05, 0.1) is 0 Å². The van der Waals surface area contributed by atoms with Crippen molar-refractivity contribution in [1.82, 2.24) is 0 Å². The largest absolute Gasteiger partial charge is 0.488 e. The second-order valence-electron chi connectivity index (χ2n) is 5.79. The molecule has 1 aromatic rings. The van der Waals surface area contributed by atoms with Gasteiger partial charge in [-0.1, -0.05) is 23.8 Å². The van der Waals surface area contributed by atoms with Crippen molar-refractivity contribution >= 4 is 0 Å². The van der Waals surface area contributed by atoms with Gasteiger partial charge in [0.1, 0.15) is 11.4 Å². The fraction of sp³-hybridized carbons (Fsp3) is 0.500. The van der Waals surface area contributed by atoms with E-state index in [1.165, 1.54) is 16.7 Å². The summed E-state index contributed by atoms with van der Waals surface area (Å²) in [7, 11) is 0. The molecule has 0 bridgehead atoms. The van der Waals surface area contributed by atoms with Gasteiger partial charge in [-0.3, -0.25) is 0 Å². The van der Waals surface area contributed by atoms with Crippen molar-refractivity contribution in [2.45, 2.75) is 52.6 Å². The van der Waals surface area contributed by atoms with Gasteiger partial charge in [0.2, 0.25) is 0 Å². The highest BCUT2D eigenvalue weighted by Gasteiger charge is 2.26. The van der Waals surface area contributed by atoms with Gasteiger partial charge in [-0.25, -0.2) is 0 Å². The SMILES string of the molecule is CC(C)=CCc1ccc2c(c1)CCC(C)(C)O2. The second-order valence-corrected chi connectivity index (χ2v) is 5.79. The molecule has 0 spiro atoms. The minimum absolute atomic E-state index is 0.00553. The van der Waals surface area contributed by atoms with Gasteiger partial charge in [-0.15, -0.1) is 0 Å². The molecule has 0 aliphatic carbocycles. The lowest BCUT2D eigenvalue weighted by molar-refractivity contribution is 0.0846. The number of hydrogen-bond donors (Lipinski definition) is 0. The first-order valence-electron chi connectivity index (χ1n) is 6.40. The number of allylic oxidation sites excluding steroid dienone is 2. The molecular weight excluding hydrogens is 208 g/mol. The highest BCUT2D eigenvalue weighted by Crippen LogP contribution is 2.33. The monoisotopic (exact) mass is 230 g/mol. The number of benzene rings is 1. The highest BCUT2D eigenvalue weighted by atomic mass is 16.5. The predicted molar refractivity (Wildman–Crippen MR) is 72.6 cm³/mol. The molecule has 17 heavy (non-hydrogen) atoms. The average Bonchev–Trinajstić information content (AvgIpc) is 2.25. The van der Waals surface area contributed by atoms with Crippen LogP contribution in [-0.4, -0.2) is 5.60 Å². The fourth-order valence-electron chi connectivity index (χ4n) is 2.16. The molecule has 2 rings (SSSR count). The molecule has 0 aromatic heterocycles. The fourth-order valence-corrected chi connectivity index (χ4v) is 2.16. The normalized spacial score (nSPS) is 16.9. The summed E-state index contributed by atoms with van der Waals surface area (Å²) in [5, 5.41) is 0. The minimum Gasteiger partial charge on any atom is -0.488 e. The summed E-state index contributed by atoms with van der Waals surface area (Å²) in [6, 6.07) is 6.61. The minimum atomic E-state index is -0.00553. The zero-order valence-corrected chi connectivity index (χ0v) is 11.3. The Labute approximate surface area is 104 Å². The van der Waals surface area contributed by atoms with Crippen molar-refractivity contribution in [3.63, 3.8) is 0 Å². The van der Waals surface area contributed by atoms with Crippen molar-refractivity contribution in [2.75, 3.05) is 0 Å². The van der Waals surface area contributed by atoms with Crippen LogP contribution in [0.3, 0.4) is 0 Å². The molecule has 0 amide bonds. The molecule has 1 heteroatoms. The molecule has 1 aliphatic heterocycles. The lowest BCUT2D eigenvalue weighted by Crippen LogP contribution is -2.32. The van der Waals surface area contributed by atoms with E-state index in [9.17, 15) is 0 Å². The topological polar surface area (TPSA) is 9.23 Å². The maximum Gasteiger partial charge on any atom is 0.123 e. The number of hydrogen-bond acceptors (Lipinski definition) is 1. The van der Waals surface area contributed by atoms with Crippen LogP contribution in [0.5, 0.6) is 5.75 Å². The zero-order chi connectivity index (χ0) is 12.5. The Balaban J connectivity index is 2.19. The number of aryl methyl sites for hydroxylation is 1. The van der Waals surface area contributed by atoms with Gasteiger partial charge in [0.25, 0.3) is 0 Å². The first kappa shape index (κ1) is 12.2. The van der Waals surface area contributed by atoms with Crippen LogP contribution in [0.25, 0.3) is 0 Å². The summed E-state index contributed by atoms with van der Waals surface area (Å²) in [5.41, 5.74) is 4.12. The maximum absolute atomic E-state index is 5.98. The van der Waals surface area contributed by atoms with E-state index in [1.807, 2.05) is 0 Å². The Morgan fingerprint density at radius 3 is 2.82 bits per heavy atom. The third-order valence-electron chi connectivity index (χ3n) is 3.25. The Bertz CT molecular complexity index is 437. The Morgan fingerprint density at radius 2 is 2.12 bits per heavy atom. The molecule has 92 valence electrons. The van der Waals surface area contributed by atoms with E-state index in [-0.39, 0.29) is 5.60 Å². The van der Waals surface area contributed by atoms with Crippen molar-refractivity contribution in [2.24, 2.45) is 0 Å². The van der Waals surface area contributed by atoms with Crippen LogP contribution in [0.2, 0.25) is 0 Å². The first-order valence-corrected chi connectivity index (χ1v) is 6.40. The van der Waals surface area contributed by atoms with Crippen molar-refractivity contribution in [3.05, 3.63) is 41.0 Å². The molecule has 1 nitrogen and oxygen atoms in total. The Morgan fingerprint density at radius 1 is 1.35 bits per heavy atom. The molecule has 0 fully saturated rings. The van der Waals surface area contributed by atoms with Crippen LogP contribution < -0.4 is 4.74 Å². The maximum atomic E-state index is 5.98. The van der Waals surface area contributed by atoms with Gasteiger partial charge >= 0.3 is 0 Å². The van der Waals surface area contributed by atoms with Crippen LogP contribution in [0.4, 0.5) is 0 Å². The molecule has 1 heterocycles. The van der Waals surface area contributed by atoms with Gasteiger partial charge < -0.3 is 4.74 Å².